The van der Waals surface area contributed by atoms with E-state index in [0.717, 1.165) is 18.0 Å². The van der Waals surface area contributed by atoms with Crippen molar-refractivity contribution in [1.82, 2.24) is 10.0 Å². The molecule has 4 nitrogen and oxygen atoms in total. The number of nitrogens with one attached hydrogen (secondary N) is 2. The van der Waals surface area contributed by atoms with Crippen LogP contribution in [0.3, 0.4) is 0 Å². The van der Waals surface area contributed by atoms with Gasteiger partial charge < -0.3 is 5.32 Å². The normalized spacial score (nSPS) is 12.9. The number of rotatable bonds is 6. The molecular weight excluding hydrogens is 268 g/mol. The van der Waals surface area contributed by atoms with Crippen molar-refractivity contribution in [1.29, 1.82) is 0 Å². The third kappa shape index (κ3) is 5.06. The zero-order chi connectivity index (χ0) is 13.8. The molecule has 0 aromatic carbocycles. The molecule has 1 heterocycles. The molecule has 1 rings (SSSR count). The summed E-state index contributed by atoms with van der Waals surface area (Å²) >= 11 is 1.47. The largest absolute Gasteiger partial charge is 0.312 e. The highest BCUT2D eigenvalue weighted by atomic mass is 32.2. The predicted octanol–water partition coefficient (Wildman–Crippen LogP) is 2.18. The van der Waals surface area contributed by atoms with Gasteiger partial charge in [-0.15, -0.1) is 11.3 Å². The van der Waals surface area contributed by atoms with Crippen molar-refractivity contribution in [3.05, 3.63) is 16.3 Å². The fraction of sp³-hybridized carbons (Fsp3) is 0.667. The van der Waals surface area contributed by atoms with E-state index < -0.39 is 10.0 Å². The van der Waals surface area contributed by atoms with Crippen molar-refractivity contribution in [3.8, 4) is 0 Å². The van der Waals surface area contributed by atoms with E-state index in [1.807, 2.05) is 27.7 Å². The number of thiophene rings is 1. The third-order valence-electron chi connectivity index (χ3n) is 2.28. The highest BCUT2D eigenvalue weighted by Crippen LogP contribution is 2.20. The SMILES string of the molecule is CCNCc1cc(S(=O)(=O)NCC(C)(C)C)cs1. The molecule has 6 heteroatoms. The quantitative estimate of drug-likeness (QED) is 0.844. The zero-order valence-electron chi connectivity index (χ0n) is 11.4. The highest BCUT2D eigenvalue weighted by molar-refractivity contribution is 7.89. The molecule has 0 spiro atoms. The Hall–Kier alpha value is -0.430. The molecule has 2 N–H and O–H groups in total. The lowest BCUT2D eigenvalue weighted by atomic mass is 9.98. The van der Waals surface area contributed by atoms with Crippen molar-refractivity contribution >= 4 is 21.4 Å². The van der Waals surface area contributed by atoms with Crippen LogP contribution in [0.5, 0.6) is 0 Å². The molecule has 0 unspecified atom stereocenters. The van der Waals surface area contributed by atoms with Crippen LogP contribution < -0.4 is 10.0 Å². The van der Waals surface area contributed by atoms with Crippen molar-refractivity contribution in [2.45, 2.75) is 39.1 Å². The molecule has 0 fully saturated rings. The first kappa shape index (κ1) is 15.6. The Morgan fingerprint density at radius 2 is 2.00 bits per heavy atom. The minimum Gasteiger partial charge on any atom is -0.312 e. The fourth-order valence-electron chi connectivity index (χ4n) is 1.24. The van der Waals surface area contributed by atoms with E-state index in [0.29, 0.717) is 11.4 Å². The summed E-state index contributed by atoms with van der Waals surface area (Å²) in [5, 5.41) is 4.87. The van der Waals surface area contributed by atoms with Crippen LogP contribution in [0.1, 0.15) is 32.6 Å². The molecule has 104 valence electrons. The summed E-state index contributed by atoms with van der Waals surface area (Å²) in [4.78, 5) is 1.40. The van der Waals surface area contributed by atoms with Crippen molar-refractivity contribution < 1.29 is 8.42 Å². The average molecular weight is 290 g/mol. The van der Waals surface area contributed by atoms with Crippen LogP contribution >= 0.6 is 11.3 Å². The van der Waals surface area contributed by atoms with Gasteiger partial charge in [-0.1, -0.05) is 27.7 Å². The summed E-state index contributed by atoms with van der Waals surface area (Å²) < 4.78 is 26.7. The fourth-order valence-corrected chi connectivity index (χ4v) is 3.77. The van der Waals surface area contributed by atoms with E-state index in [9.17, 15) is 8.42 Å². The second kappa shape index (κ2) is 6.14. The van der Waals surface area contributed by atoms with Gasteiger partial charge in [-0.2, -0.15) is 0 Å². The molecule has 0 aliphatic heterocycles. The standard InChI is InChI=1S/C12H22N2O2S2/c1-5-13-7-10-6-11(8-17-10)18(15,16)14-9-12(2,3)4/h6,8,13-14H,5,7,9H2,1-4H3. The van der Waals surface area contributed by atoms with Crippen molar-refractivity contribution in [2.75, 3.05) is 13.1 Å². The molecule has 0 saturated carbocycles. The summed E-state index contributed by atoms with van der Waals surface area (Å²) in [6.45, 7) is 10.1. The van der Waals surface area contributed by atoms with E-state index in [2.05, 4.69) is 10.0 Å². The molecule has 1 aromatic heterocycles. The molecular formula is C12H22N2O2S2. The zero-order valence-corrected chi connectivity index (χ0v) is 13.0. The maximum atomic E-state index is 12.0. The molecule has 18 heavy (non-hydrogen) atoms. The maximum Gasteiger partial charge on any atom is 0.241 e. The van der Waals surface area contributed by atoms with Gasteiger partial charge in [-0.05, 0) is 18.0 Å². The van der Waals surface area contributed by atoms with Crippen molar-refractivity contribution in [3.63, 3.8) is 0 Å². The molecule has 0 saturated heterocycles. The maximum absolute atomic E-state index is 12.0. The van der Waals surface area contributed by atoms with E-state index in [1.165, 1.54) is 11.3 Å². The number of sulfonamides is 1. The lowest BCUT2D eigenvalue weighted by molar-refractivity contribution is 0.407. The minimum atomic E-state index is -3.37. The van der Waals surface area contributed by atoms with Gasteiger partial charge in [0.2, 0.25) is 10.0 Å². The first-order valence-corrected chi connectivity index (χ1v) is 8.39. The third-order valence-corrected chi connectivity index (χ3v) is 4.75. The first-order chi connectivity index (χ1) is 8.24. The lowest BCUT2D eigenvalue weighted by Crippen LogP contribution is -2.32. The summed E-state index contributed by atoms with van der Waals surface area (Å²) in [7, 11) is -3.37. The average Bonchev–Trinajstić information content (AvgIpc) is 2.72. The Kier molecular flexibility index (Phi) is 5.33. The highest BCUT2D eigenvalue weighted by Gasteiger charge is 2.19. The van der Waals surface area contributed by atoms with E-state index in [1.54, 1.807) is 11.4 Å². The second-order valence-electron chi connectivity index (χ2n) is 5.41. The molecule has 0 aliphatic carbocycles. The Labute approximate surface area is 114 Å². The Morgan fingerprint density at radius 3 is 2.56 bits per heavy atom. The summed E-state index contributed by atoms with van der Waals surface area (Å²) in [6.07, 6.45) is 0. The molecule has 0 amide bonds. The van der Waals surface area contributed by atoms with Gasteiger partial charge in [-0.25, -0.2) is 13.1 Å². The Balaban J connectivity index is 2.70. The smallest absolute Gasteiger partial charge is 0.241 e. The molecule has 1 aromatic rings. The summed E-state index contributed by atoms with van der Waals surface area (Å²) in [5.41, 5.74) is -0.0598. The van der Waals surface area contributed by atoms with Gasteiger partial charge in [0.05, 0.1) is 4.90 Å². The van der Waals surface area contributed by atoms with Crippen LogP contribution in [-0.4, -0.2) is 21.5 Å². The van der Waals surface area contributed by atoms with Crippen LogP contribution in [0.15, 0.2) is 16.3 Å². The molecule has 0 aliphatic rings. The molecule has 0 atom stereocenters. The van der Waals surface area contributed by atoms with Gasteiger partial charge >= 0.3 is 0 Å². The molecule has 0 bridgehead atoms. The summed E-state index contributed by atoms with van der Waals surface area (Å²) in [5.74, 6) is 0. The van der Waals surface area contributed by atoms with E-state index in [-0.39, 0.29) is 5.41 Å². The Bertz CT molecular complexity index is 473. The monoisotopic (exact) mass is 290 g/mol. The number of hydrogen-bond acceptors (Lipinski definition) is 4. The van der Waals surface area contributed by atoms with E-state index >= 15 is 0 Å². The van der Waals surface area contributed by atoms with Gasteiger partial charge in [0, 0.05) is 23.3 Å². The topological polar surface area (TPSA) is 58.2 Å². The van der Waals surface area contributed by atoms with Gasteiger partial charge in [0.15, 0.2) is 0 Å². The van der Waals surface area contributed by atoms with Gasteiger partial charge in [0.25, 0.3) is 0 Å². The van der Waals surface area contributed by atoms with Crippen LogP contribution in [-0.2, 0) is 16.6 Å². The lowest BCUT2D eigenvalue weighted by Gasteiger charge is -2.18. The predicted molar refractivity (Wildman–Crippen MR) is 76.3 cm³/mol. The first-order valence-electron chi connectivity index (χ1n) is 6.02. The number of hydrogen-bond donors (Lipinski definition) is 2. The van der Waals surface area contributed by atoms with Crippen LogP contribution in [0.4, 0.5) is 0 Å². The summed E-state index contributed by atoms with van der Waals surface area (Å²) in [6, 6.07) is 1.73. The van der Waals surface area contributed by atoms with Gasteiger partial charge in [0.1, 0.15) is 0 Å². The second-order valence-corrected chi connectivity index (χ2v) is 8.18. The van der Waals surface area contributed by atoms with Crippen LogP contribution in [0, 0.1) is 5.41 Å². The van der Waals surface area contributed by atoms with E-state index in [4.69, 9.17) is 0 Å². The molecule has 0 radical (unpaired) electrons. The van der Waals surface area contributed by atoms with Crippen LogP contribution in [0.2, 0.25) is 0 Å². The van der Waals surface area contributed by atoms with Crippen LogP contribution in [0.25, 0.3) is 0 Å². The van der Waals surface area contributed by atoms with Crippen molar-refractivity contribution in [2.24, 2.45) is 5.41 Å². The van der Waals surface area contributed by atoms with Gasteiger partial charge in [-0.3, -0.25) is 0 Å². The minimum absolute atomic E-state index is 0.0598. The Morgan fingerprint density at radius 1 is 1.33 bits per heavy atom.